The molecule has 4 aromatic rings. The van der Waals surface area contributed by atoms with Gasteiger partial charge in [0.2, 0.25) is 11.8 Å². The highest BCUT2D eigenvalue weighted by Crippen LogP contribution is 2.40. The first-order valence-corrected chi connectivity index (χ1v) is 9.36. The van der Waals surface area contributed by atoms with Crippen LogP contribution in [0.5, 0.6) is 5.75 Å². The molecule has 0 aliphatic carbocycles. The topological polar surface area (TPSA) is 64.0 Å². The summed E-state index contributed by atoms with van der Waals surface area (Å²) in [4.78, 5) is 6.01. The molecule has 3 aromatic carbocycles. The number of hydrogen-bond acceptors (Lipinski definition) is 3. The van der Waals surface area contributed by atoms with Crippen LogP contribution in [0.4, 0.5) is 11.6 Å². The molecule has 0 bridgehead atoms. The number of furan rings is 1. The van der Waals surface area contributed by atoms with Crippen molar-refractivity contribution < 1.29 is 9.15 Å². The molecule has 0 saturated heterocycles. The Labute approximate surface area is 170 Å². The standard InChI is InChI=1S/C24H23N3O2/c1-16-8-10-17(11-9-16)18-12-13-22(28-3)21(14-18)27(24(25)26-2)23-20-7-5-4-6-19(20)15-29-23/h4-15H,1-3H3,(H2,25,26). The number of rotatable bonds is 4. The highest BCUT2D eigenvalue weighted by Gasteiger charge is 2.23. The van der Waals surface area contributed by atoms with E-state index in [9.17, 15) is 0 Å². The minimum absolute atomic E-state index is 0.310. The van der Waals surface area contributed by atoms with Gasteiger partial charge in [0.15, 0.2) is 0 Å². The first-order chi connectivity index (χ1) is 14.1. The molecular formula is C24H23N3O2. The minimum Gasteiger partial charge on any atom is -0.495 e. The predicted octanol–water partition coefficient (Wildman–Crippen LogP) is 5.50. The molecule has 0 aliphatic heterocycles. The van der Waals surface area contributed by atoms with Gasteiger partial charge in [0.05, 0.1) is 12.8 Å². The number of benzene rings is 3. The molecule has 2 N–H and O–H groups in total. The van der Waals surface area contributed by atoms with Gasteiger partial charge in [-0.2, -0.15) is 0 Å². The van der Waals surface area contributed by atoms with Crippen LogP contribution in [0.1, 0.15) is 5.56 Å². The minimum atomic E-state index is 0.310. The lowest BCUT2D eigenvalue weighted by Gasteiger charge is -2.24. The molecule has 1 heterocycles. The maximum atomic E-state index is 6.32. The number of hydrogen-bond donors (Lipinski definition) is 1. The number of methoxy groups -OCH3 is 1. The molecule has 0 aliphatic rings. The van der Waals surface area contributed by atoms with Crippen LogP contribution in [0, 0.1) is 6.92 Å². The van der Waals surface area contributed by atoms with Gasteiger partial charge < -0.3 is 14.9 Å². The largest absolute Gasteiger partial charge is 0.495 e. The molecular weight excluding hydrogens is 362 g/mol. The monoisotopic (exact) mass is 385 g/mol. The summed E-state index contributed by atoms with van der Waals surface area (Å²) in [5.41, 5.74) is 10.5. The fourth-order valence-corrected chi connectivity index (χ4v) is 3.38. The third kappa shape index (κ3) is 3.43. The van der Waals surface area contributed by atoms with Crippen molar-refractivity contribution in [3.05, 3.63) is 78.6 Å². The van der Waals surface area contributed by atoms with Crippen molar-refractivity contribution in [1.82, 2.24) is 0 Å². The van der Waals surface area contributed by atoms with Crippen LogP contribution in [-0.4, -0.2) is 20.1 Å². The summed E-state index contributed by atoms with van der Waals surface area (Å²) in [6.07, 6.45) is 1.72. The molecule has 0 radical (unpaired) electrons. The smallest absolute Gasteiger partial charge is 0.214 e. The number of aliphatic imine (C=N–C) groups is 1. The number of fused-ring (bicyclic) bond motifs is 1. The molecule has 5 heteroatoms. The van der Waals surface area contributed by atoms with Gasteiger partial charge in [0, 0.05) is 17.8 Å². The van der Waals surface area contributed by atoms with Crippen LogP contribution in [0.25, 0.3) is 21.9 Å². The SMILES string of the molecule is CN=C(N)N(c1cc(-c2ccc(C)cc2)ccc1OC)c1occ2ccccc12. The lowest BCUT2D eigenvalue weighted by molar-refractivity contribution is 0.415. The first-order valence-electron chi connectivity index (χ1n) is 9.36. The summed E-state index contributed by atoms with van der Waals surface area (Å²) in [7, 11) is 3.30. The normalized spacial score (nSPS) is 11.6. The van der Waals surface area contributed by atoms with Gasteiger partial charge in [-0.1, -0.05) is 54.1 Å². The zero-order valence-corrected chi connectivity index (χ0v) is 16.7. The Morgan fingerprint density at radius 2 is 1.72 bits per heavy atom. The zero-order chi connectivity index (χ0) is 20.4. The van der Waals surface area contributed by atoms with Crippen molar-refractivity contribution in [2.45, 2.75) is 6.92 Å². The van der Waals surface area contributed by atoms with Crippen LogP contribution in [-0.2, 0) is 0 Å². The van der Waals surface area contributed by atoms with Crippen LogP contribution >= 0.6 is 0 Å². The Morgan fingerprint density at radius 1 is 1.00 bits per heavy atom. The van der Waals surface area contributed by atoms with E-state index in [1.54, 1.807) is 25.3 Å². The van der Waals surface area contributed by atoms with Gasteiger partial charge in [-0.3, -0.25) is 4.99 Å². The predicted molar refractivity (Wildman–Crippen MR) is 119 cm³/mol. The number of nitrogens with zero attached hydrogens (tertiary/aromatic N) is 2. The Bertz CT molecular complexity index is 1180. The maximum absolute atomic E-state index is 6.32. The Morgan fingerprint density at radius 3 is 2.45 bits per heavy atom. The Balaban J connectivity index is 1.92. The summed E-state index contributed by atoms with van der Waals surface area (Å²) >= 11 is 0. The molecule has 0 spiro atoms. The summed E-state index contributed by atoms with van der Waals surface area (Å²) in [6, 6.07) is 22.4. The third-order valence-corrected chi connectivity index (χ3v) is 4.95. The average molecular weight is 385 g/mol. The number of anilines is 2. The lowest BCUT2D eigenvalue weighted by Crippen LogP contribution is -2.33. The fraction of sp³-hybridized carbons (Fsp3) is 0.125. The van der Waals surface area contributed by atoms with Crippen molar-refractivity contribution in [2.75, 3.05) is 19.1 Å². The summed E-state index contributed by atoms with van der Waals surface area (Å²) in [5.74, 6) is 1.58. The van der Waals surface area contributed by atoms with Crippen molar-refractivity contribution >= 4 is 28.3 Å². The second kappa shape index (κ2) is 7.72. The number of aryl methyl sites for hydroxylation is 1. The zero-order valence-electron chi connectivity index (χ0n) is 16.7. The van der Waals surface area contributed by atoms with Crippen molar-refractivity contribution in [3.8, 4) is 16.9 Å². The van der Waals surface area contributed by atoms with E-state index < -0.39 is 0 Å². The summed E-state index contributed by atoms with van der Waals surface area (Å²) < 4.78 is 11.6. The molecule has 0 amide bonds. The van der Waals surface area contributed by atoms with E-state index in [-0.39, 0.29) is 0 Å². The molecule has 29 heavy (non-hydrogen) atoms. The molecule has 5 nitrogen and oxygen atoms in total. The van der Waals surface area contributed by atoms with E-state index in [1.165, 1.54) is 5.56 Å². The molecule has 0 fully saturated rings. The van der Waals surface area contributed by atoms with Crippen LogP contribution in [0.2, 0.25) is 0 Å². The van der Waals surface area contributed by atoms with Crippen LogP contribution < -0.4 is 15.4 Å². The molecule has 4 rings (SSSR count). The van der Waals surface area contributed by atoms with Crippen LogP contribution in [0.3, 0.4) is 0 Å². The highest BCUT2D eigenvalue weighted by molar-refractivity contribution is 6.08. The van der Waals surface area contributed by atoms with Gasteiger partial charge in [0.1, 0.15) is 12.0 Å². The van der Waals surface area contributed by atoms with Gasteiger partial charge in [-0.15, -0.1) is 0 Å². The Kier molecular flexibility index (Phi) is 4.96. The summed E-state index contributed by atoms with van der Waals surface area (Å²) in [5, 5.41) is 1.94. The third-order valence-electron chi connectivity index (χ3n) is 4.95. The number of nitrogens with two attached hydrogens (primary N) is 1. The second-order valence-electron chi connectivity index (χ2n) is 6.80. The van der Waals surface area contributed by atoms with Gasteiger partial charge >= 0.3 is 0 Å². The van der Waals surface area contributed by atoms with Gasteiger partial charge in [-0.25, -0.2) is 4.90 Å². The second-order valence-corrected chi connectivity index (χ2v) is 6.80. The molecule has 146 valence electrons. The van der Waals surface area contributed by atoms with Crippen molar-refractivity contribution in [2.24, 2.45) is 10.7 Å². The first kappa shape index (κ1) is 18.6. The molecule has 0 saturated carbocycles. The van der Waals surface area contributed by atoms with Crippen LogP contribution in [0.15, 0.2) is 82.4 Å². The quantitative estimate of drug-likeness (QED) is 0.372. The highest BCUT2D eigenvalue weighted by atomic mass is 16.5. The van der Waals surface area contributed by atoms with Crippen molar-refractivity contribution in [3.63, 3.8) is 0 Å². The number of ether oxygens (including phenoxy) is 1. The average Bonchev–Trinajstić information content (AvgIpc) is 3.18. The van der Waals surface area contributed by atoms with E-state index in [0.717, 1.165) is 27.6 Å². The van der Waals surface area contributed by atoms with E-state index in [0.29, 0.717) is 17.6 Å². The van der Waals surface area contributed by atoms with Crippen molar-refractivity contribution in [1.29, 1.82) is 0 Å². The maximum Gasteiger partial charge on any atom is 0.214 e. The van der Waals surface area contributed by atoms with Gasteiger partial charge in [-0.05, 0) is 36.2 Å². The fourth-order valence-electron chi connectivity index (χ4n) is 3.38. The molecule has 0 unspecified atom stereocenters. The molecule has 1 aromatic heterocycles. The van der Waals surface area contributed by atoms with E-state index in [4.69, 9.17) is 14.9 Å². The lowest BCUT2D eigenvalue weighted by atomic mass is 10.0. The Hall–Kier alpha value is -3.73. The van der Waals surface area contributed by atoms with E-state index in [1.807, 2.05) is 42.5 Å². The number of guanidine groups is 1. The van der Waals surface area contributed by atoms with E-state index in [2.05, 4.69) is 36.2 Å². The van der Waals surface area contributed by atoms with Gasteiger partial charge in [0.25, 0.3) is 0 Å². The molecule has 0 atom stereocenters. The summed E-state index contributed by atoms with van der Waals surface area (Å²) in [6.45, 7) is 2.07. The van der Waals surface area contributed by atoms with E-state index >= 15 is 0 Å².